The van der Waals surface area contributed by atoms with E-state index in [4.69, 9.17) is 4.98 Å². The van der Waals surface area contributed by atoms with Gasteiger partial charge in [0.1, 0.15) is 0 Å². The summed E-state index contributed by atoms with van der Waals surface area (Å²) >= 11 is 6.66. The molecule has 2 aromatic heterocycles. The number of fused-ring (bicyclic) bond motifs is 1. The molecule has 0 unspecified atom stereocenters. The van der Waals surface area contributed by atoms with Crippen LogP contribution in [0.15, 0.2) is 77.5 Å². The minimum Gasteiger partial charge on any atom is -0.283 e. The number of amides is 1. The van der Waals surface area contributed by atoms with E-state index >= 15 is 0 Å². The Labute approximate surface area is 186 Å². The number of halogens is 1. The van der Waals surface area contributed by atoms with E-state index in [9.17, 15) is 4.79 Å². The van der Waals surface area contributed by atoms with Crippen molar-refractivity contribution in [3.05, 3.63) is 88.7 Å². The maximum Gasteiger partial charge on any atom is 0.239 e. The number of thioether (sulfide) groups is 1. The normalized spacial score (nSPS) is 10.9. The van der Waals surface area contributed by atoms with E-state index < -0.39 is 0 Å². The molecule has 0 saturated heterocycles. The number of carbonyl (C=O) groups excluding carboxylic acids is 1. The lowest BCUT2D eigenvalue weighted by molar-refractivity contribution is -0.116. The number of anilines is 1. The van der Waals surface area contributed by atoms with Crippen molar-refractivity contribution in [3.8, 4) is 0 Å². The van der Waals surface area contributed by atoms with Gasteiger partial charge < -0.3 is 0 Å². The number of hydrogen-bond donors (Lipinski definition) is 0. The molecule has 0 atom stereocenters. The van der Waals surface area contributed by atoms with E-state index in [0.717, 1.165) is 26.0 Å². The number of hydrogen-bond acceptors (Lipinski definition) is 5. The average Bonchev–Trinajstić information content (AvgIpc) is 3.16. The summed E-state index contributed by atoms with van der Waals surface area (Å²) in [5, 5.41) is 0.715. The standard InChI is InChI=1S/C22H18BrN3OS2/c23-18-8-9-19-20(11-18)29-22(25-19)26(13-17-7-4-10-24-12-17)21(27)15-28-14-16-5-2-1-3-6-16/h1-12H,13-15H2. The highest BCUT2D eigenvalue weighted by molar-refractivity contribution is 9.10. The highest BCUT2D eigenvalue weighted by Crippen LogP contribution is 2.32. The Morgan fingerprint density at radius 2 is 1.90 bits per heavy atom. The second-order valence-electron chi connectivity index (χ2n) is 6.43. The van der Waals surface area contributed by atoms with E-state index in [-0.39, 0.29) is 5.91 Å². The Bertz CT molecular complexity index is 1100. The van der Waals surface area contributed by atoms with Gasteiger partial charge in [-0.3, -0.25) is 14.7 Å². The van der Waals surface area contributed by atoms with E-state index in [0.29, 0.717) is 17.4 Å². The third-order valence-corrected chi connectivity index (χ3v) is 6.79. The maximum absolute atomic E-state index is 13.1. The summed E-state index contributed by atoms with van der Waals surface area (Å²) < 4.78 is 2.05. The first kappa shape index (κ1) is 20.1. The zero-order valence-electron chi connectivity index (χ0n) is 15.5. The summed E-state index contributed by atoms with van der Waals surface area (Å²) in [6.07, 6.45) is 3.53. The Morgan fingerprint density at radius 1 is 1.07 bits per heavy atom. The van der Waals surface area contributed by atoms with Gasteiger partial charge >= 0.3 is 0 Å². The van der Waals surface area contributed by atoms with Crippen LogP contribution in [0.2, 0.25) is 0 Å². The zero-order chi connectivity index (χ0) is 20.1. The maximum atomic E-state index is 13.1. The molecular formula is C22H18BrN3OS2. The molecule has 4 nitrogen and oxygen atoms in total. The molecule has 7 heteroatoms. The van der Waals surface area contributed by atoms with Gasteiger partial charge in [-0.1, -0.05) is 63.7 Å². The molecular weight excluding hydrogens is 466 g/mol. The van der Waals surface area contributed by atoms with Crippen LogP contribution in [0, 0.1) is 0 Å². The third-order valence-electron chi connectivity index (χ3n) is 4.27. The average molecular weight is 484 g/mol. The summed E-state index contributed by atoms with van der Waals surface area (Å²) in [6, 6.07) is 20.0. The van der Waals surface area contributed by atoms with Crippen LogP contribution in [-0.4, -0.2) is 21.6 Å². The topological polar surface area (TPSA) is 46.1 Å². The number of thiazole rings is 1. The molecule has 4 rings (SSSR count). The number of nitrogens with zero attached hydrogens (tertiary/aromatic N) is 3. The summed E-state index contributed by atoms with van der Waals surface area (Å²) in [4.78, 5) is 23.8. The lowest BCUT2D eigenvalue weighted by Crippen LogP contribution is -2.31. The zero-order valence-corrected chi connectivity index (χ0v) is 18.7. The van der Waals surface area contributed by atoms with Gasteiger partial charge in [-0.25, -0.2) is 4.98 Å². The number of benzene rings is 2. The molecule has 0 N–H and O–H groups in total. The van der Waals surface area contributed by atoms with Crippen LogP contribution < -0.4 is 4.90 Å². The lowest BCUT2D eigenvalue weighted by Gasteiger charge is -2.19. The van der Waals surface area contributed by atoms with Gasteiger partial charge in [0.15, 0.2) is 5.13 Å². The molecule has 4 aromatic rings. The Hall–Kier alpha value is -2.22. The van der Waals surface area contributed by atoms with Crippen LogP contribution in [0.1, 0.15) is 11.1 Å². The van der Waals surface area contributed by atoms with Crippen LogP contribution in [0.25, 0.3) is 10.2 Å². The number of carbonyl (C=O) groups is 1. The van der Waals surface area contributed by atoms with Crippen molar-refractivity contribution in [3.63, 3.8) is 0 Å². The molecule has 0 aliphatic rings. The fourth-order valence-corrected chi connectivity index (χ4v) is 5.24. The van der Waals surface area contributed by atoms with Crippen LogP contribution in [0.5, 0.6) is 0 Å². The monoisotopic (exact) mass is 483 g/mol. The SMILES string of the molecule is O=C(CSCc1ccccc1)N(Cc1cccnc1)c1nc2ccc(Br)cc2s1. The molecule has 0 bridgehead atoms. The summed E-state index contributed by atoms with van der Waals surface area (Å²) in [5.74, 6) is 1.25. The summed E-state index contributed by atoms with van der Waals surface area (Å²) in [6.45, 7) is 0.458. The summed E-state index contributed by atoms with van der Waals surface area (Å²) in [5.41, 5.74) is 3.09. The number of aromatic nitrogens is 2. The molecule has 0 fully saturated rings. The lowest BCUT2D eigenvalue weighted by atomic mass is 10.2. The Morgan fingerprint density at radius 3 is 2.69 bits per heavy atom. The van der Waals surface area contributed by atoms with Crippen LogP contribution in [0.4, 0.5) is 5.13 Å². The molecule has 0 aliphatic carbocycles. The van der Waals surface area contributed by atoms with Crippen molar-refractivity contribution in [2.24, 2.45) is 0 Å². The number of pyridine rings is 1. The second-order valence-corrected chi connectivity index (χ2v) is 9.34. The smallest absolute Gasteiger partial charge is 0.239 e. The fourth-order valence-electron chi connectivity index (χ4n) is 2.85. The molecule has 29 heavy (non-hydrogen) atoms. The second kappa shape index (κ2) is 9.52. The van der Waals surface area contributed by atoms with E-state index in [1.807, 2.05) is 48.5 Å². The van der Waals surface area contributed by atoms with E-state index in [2.05, 4.69) is 33.0 Å². The van der Waals surface area contributed by atoms with Crippen molar-refractivity contribution in [2.45, 2.75) is 12.3 Å². The van der Waals surface area contributed by atoms with Crippen molar-refractivity contribution in [1.82, 2.24) is 9.97 Å². The molecule has 0 spiro atoms. The minimum absolute atomic E-state index is 0.0490. The van der Waals surface area contributed by atoms with Gasteiger partial charge in [-0.15, -0.1) is 11.8 Å². The molecule has 0 radical (unpaired) electrons. The first-order chi connectivity index (χ1) is 14.2. The van der Waals surface area contributed by atoms with Gasteiger partial charge in [-0.05, 0) is 35.4 Å². The largest absolute Gasteiger partial charge is 0.283 e. The predicted octanol–water partition coefficient (Wildman–Crippen LogP) is 5.92. The highest BCUT2D eigenvalue weighted by atomic mass is 79.9. The third kappa shape index (κ3) is 5.23. The summed E-state index contributed by atoms with van der Waals surface area (Å²) in [7, 11) is 0. The molecule has 0 aliphatic heterocycles. The van der Waals surface area contributed by atoms with Gasteiger partial charge in [-0.2, -0.15) is 0 Å². The molecule has 146 valence electrons. The van der Waals surface area contributed by atoms with Crippen LogP contribution >= 0.6 is 39.0 Å². The van der Waals surface area contributed by atoms with Crippen molar-refractivity contribution in [1.29, 1.82) is 0 Å². The van der Waals surface area contributed by atoms with E-state index in [1.165, 1.54) is 16.9 Å². The van der Waals surface area contributed by atoms with Crippen molar-refractivity contribution < 1.29 is 4.79 Å². The molecule has 0 saturated carbocycles. The first-order valence-electron chi connectivity index (χ1n) is 9.06. The van der Waals surface area contributed by atoms with Gasteiger partial charge in [0, 0.05) is 22.6 Å². The van der Waals surface area contributed by atoms with Crippen LogP contribution in [-0.2, 0) is 17.1 Å². The Balaban J connectivity index is 1.54. The predicted molar refractivity (Wildman–Crippen MR) is 125 cm³/mol. The Kier molecular flexibility index (Phi) is 6.59. The minimum atomic E-state index is 0.0490. The van der Waals surface area contributed by atoms with Gasteiger partial charge in [0.25, 0.3) is 0 Å². The molecule has 2 heterocycles. The van der Waals surface area contributed by atoms with E-state index in [1.54, 1.807) is 29.1 Å². The van der Waals surface area contributed by atoms with Crippen molar-refractivity contribution >= 4 is 60.3 Å². The number of rotatable bonds is 7. The van der Waals surface area contributed by atoms with Crippen molar-refractivity contribution in [2.75, 3.05) is 10.7 Å². The quantitative estimate of drug-likeness (QED) is 0.327. The first-order valence-corrected chi connectivity index (χ1v) is 11.8. The fraction of sp³-hybridized carbons (Fsp3) is 0.136. The molecule has 1 amide bonds. The molecule has 2 aromatic carbocycles. The highest BCUT2D eigenvalue weighted by Gasteiger charge is 2.20. The van der Waals surface area contributed by atoms with Crippen LogP contribution in [0.3, 0.4) is 0 Å². The van der Waals surface area contributed by atoms with Gasteiger partial charge in [0.2, 0.25) is 5.91 Å². The van der Waals surface area contributed by atoms with Gasteiger partial charge in [0.05, 0.1) is 22.5 Å².